The van der Waals surface area contributed by atoms with Gasteiger partial charge in [0, 0.05) is 24.8 Å². The minimum atomic E-state index is -0.647. The maximum absolute atomic E-state index is 12.5. The maximum atomic E-state index is 12.5. The van der Waals surface area contributed by atoms with Gasteiger partial charge in [0.2, 0.25) is 5.91 Å². The molecule has 0 spiro atoms. The normalized spacial score (nSPS) is 9.78. The van der Waals surface area contributed by atoms with Gasteiger partial charge in [-0.3, -0.25) is 9.59 Å². The summed E-state index contributed by atoms with van der Waals surface area (Å²) < 4.78 is 5.09. The molecular weight excluding hydrogens is 346 g/mol. The number of nitrogens with one attached hydrogen (secondary N) is 1. The van der Waals surface area contributed by atoms with Crippen molar-refractivity contribution in [3.8, 4) is 6.07 Å². The topological polar surface area (TPSA) is 99.5 Å². The summed E-state index contributed by atoms with van der Waals surface area (Å²) in [6.07, 6.45) is 0.166. The first-order valence-electron chi connectivity index (χ1n) is 8.28. The van der Waals surface area contributed by atoms with Gasteiger partial charge >= 0.3 is 5.97 Å². The summed E-state index contributed by atoms with van der Waals surface area (Å²) >= 11 is 0. The van der Waals surface area contributed by atoms with Crippen molar-refractivity contribution in [2.24, 2.45) is 0 Å². The van der Waals surface area contributed by atoms with Crippen LogP contribution in [0.15, 0.2) is 54.6 Å². The van der Waals surface area contributed by atoms with Crippen LogP contribution < -0.4 is 10.2 Å². The molecule has 2 aromatic rings. The summed E-state index contributed by atoms with van der Waals surface area (Å²) in [5.74, 6) is -1.28. The van der Waals surface area contributed by atoms with Crippen LogP contribution in [-0.4, -0.2) is 30.9 Å². The van der Waals surface area contributed by atoms with Gasteiger partial charge in [0.15, 0.2) is 6.61 Å². The molecule has 0 aliphatic heterocycles. The molecule has 7 nitrogen and oxygen atoms in total. The van der Waals surface area contributed by atoms with E-state index in [4.69, 9.17) is 10.00 Å². The Morgan fingerprint density at radius 1 is 1.07 bits per heavy atom. The summed E-state index contributed by atoms with van der Waals surface area (Å²) in [5.41, 5.74) is 1.45. The minimum absolute atomic E-state index is 0.166. The van der Waals surface area contributed by atoms with Crippen LogP contribution in [0.5, 0.6) is 0 Å². The SMILES string of the molecule is CC(=O)Nc1ccc(C(=O)OCC(=O)N(CCC#N)c2ccccc2)cc1. The van der Waals surface area contributed by atoms with Crippen molar-refractivity contribution in [2.45, 2.75) is 13.3 Å². The number of rotatable bonds is 7. The number of hydrogen-bond acceptors (Lipinski definition) is 5. The molecule has 0 fully saturated rings. The fourth-order valence-corrected chi connectivity index (χ4v) is 2.35. The molecule has 2 rings (SSSR count). The van der Waals surface area contributed by atoms with Gasteiger partial charge < -0.3 is 15.0 Å². The van der Waals surface area contributed by atoms with Gasteiger partial charge in [-0.05, 0) is 36.4 Å². The van der Waals surface area contributed by atoms with E-state index in [1.165, 1.54) is 24.0 Å². The van der Waals surface area contributed by atoms with Gasteiger partial charge in [0.05, 0.1) is 18.1 Å². The van der Waals surface area contributed by atoms with E-state index in [1.807, 2.05) is 12.1 Å². The van der Waals surface area contributed by atoms with Crippen LogP contribution in [0.2, 0.25) is 0 Å². The molecule has 0 radical (unpaired) electrons. The predicted octanol–water partition coefficient (Wildman–Crippen LogP) is 2.75. The average molecular weight is 365 g/mol. The van der Waals surface area contributed by atoms with Gasteiger partial charge in [-0.2, -0.15) is 5.26 Å². The van der Waals surface area contributed by atoms with Gasteiger partial charge in [0.25, 0.3) is 5.91 Å². The smallest absolute Gasteiger partial charge is 0.338 e. The maximum Gasteiger partial charge on any atom is 0.338 e. The fourth-order valence-electron chi connectivity index (χ4n) is 2.35. The van der Waals surface area contributed by atoms with Crippen molar-refractivity contribution >= 4 is 29.2 Å². The Bertz CT molecular complexity index is 842. The van der Waals surface area contributed by atoms with E-state index >= 15 is 0 Å². The average Bonchev–Trinajstić information content (AvgIpc) is 2.67. The second kappa shape index (κ2) is 9.73. The van der Waals surface area contributed by atoms with Gasteiger partial charge in [-0.25, -0.2) is 4.79 Å². The fraction of sp³-hybridized carbons (Fsp3) is 0.200. The Morgan fingerprint density at radius 2 is 1.74 bits per heavy atom. The van der Waals surface area contributed by atoms with Gasteiger partial charge in [-0.15, -0.1) is 0 Å². The molecule has 2 amide bonds. The highest BCUT2D eigenvalue weighted by molar-refractivity contribution is 5.97. The molecule has 0 aliphatic rings. The van der Waals surface area contributed by atoms with Gasteiger partial charge in [-0.1, -0.05) is 18.2 Å². The number of nitrogens with zero attached hydrogens (tertiary/aromatic N) is 2. The van der Waals surface area contributed by atoms with Crippen LogP contribution in [0, 0.1) is 11.3 Å². The van der Waals surface area contributed by atoms with Crippen LogP contribution in [0.1, 0.15) is 23.7 Å². The first-order chi connectivity index (χ1) is 13.0. The quantitative estimate of drug-likeness (QED) is 0.761. The van der Waals surface area contributed by atoms with E-state index < -0.39 is 18.5 Å². The van der Waals surface area contributed by atoms with E-state index in [9.17, 15) is 14.4 Å². The number of anilines is 2. The van der Waals surface area contributed by atoms with Crippen molar-refractivity contribution in [3.05, 3.63) is 60.2 Å². The Morgan fingerprint density at radius 3 is 2.33 bits per heavy atom. The van der Waals surface area contributed by atoms with Crippen LogP contribution in [0.3, 0.4) is 0 Å². The molecule has 27 heavy (non-hydrogen) atoms. The first-order valence-corrected chi connectivity index (χ1v) is 8.28. The first kappa shape index (κ1) is 19.7. The number of carbonyl (C=O) groups is 3. The Hall–Kier alpha value is -3.66. The largest absolute Gasteiger partial charge is 0.452 e. The highest BCUT2D eigenvalue weighted by Gasteiger charge is 2.18. The van der Waals surface area contributed by atoms with Crippen molar-refractivity contribution in [1.82, 2.24) is 0 Å². The lowest BCUT2D eigenvalue weighted by Gasteiger charge is -2.21. The van der Waals surface area contributed by atoms with Gasteiger partial charge in [0.1, 0.15) is 0 Å². The van der Waals surface area contributed by atoms with Crippen LogP contribution in [0.4, 0.5) is 11.4 Å². The summed E-state index contributed by atoms with van der Waals surface area (Å²) in [6, 6.07) is 17.0. The molecule has 2 aromatic carbocycles. The predicted molar refractivity (Wildman–Crippen MR) is 100 cm³/mol. The second-order valence-corrected chi connectivity index (χ2v) is 5.62. The molecule has 0 unspecified atom stereocenters. The monoisotopic (exact) mass is 365 g/mol. The number of esters is 1. The number of ether oxygens (including phenoxy) is 1. The number of nitriles is 1. The molecule has 0 aromatic heterocycles. The molecule has 0 aliphatic carbocycles. The van der Waals surface area contributed by atoms with E-state index in [1.54, 1.807) is 36.4 Å². The van der Waals surface area contributed by atoms with Crippen LogP contribution >= 0.6 is 0 Å². The molecule has 7 heteroatoms. The number of amides is 2. The summed E-state index contributed by atoms with van der Waals surface area (Å²) in [6.45, 7) is 1.16. The Kier molecular flexibility index (Phi) is 7.08. The zero-order valence-electron chi connectivity index (χ0n) is 14.8. The number of benzene rings is 2. The van der Waals surface area contributed by atoms with Crippen molar-refractivity contribution < 1.29 is 19.1 Å². The summed E-state index contributed by atoms with van der Waals surface area (Å²) in [4.78, 5) is 37.0. The molecule has 0 saturated carbocycles. The third-order valence-electron chi connectivity index (χ3n) is 3.58. The molecule has 0 heterocycles. The van der Waals surface area contributed by atoms with Crippen molar-refractivity contribution in [2.75, 3.05) is 23.4 Å². The summed E-state index contributed by atoms with van der Waals surface area (Å²) in [7, 11) is 0. The Labute approximate surface area is 157 Å². The zero-order valence-corrected chi connectivity index (χ0v) is 14.8. The third-order valence-corrected chi connectivity index (χ3v) is 3.58. The molecule has 1 N–H and O–H groups in total. The van der Waals surface area contributed by atoms with Crippen LogP contribution in [-0.2, 0) is 14.3 Å². The standard InChI is InChI=1S/C20H19N3O4/c1-15(24)22-17-10-8-16(9-11-17)20(26)27-14-19(25)23(13-5-12-21)18-6-3-2-4-7-18/h2-4,6-11H,5,13-14H2,1H3,(H,22,24). The molecule has 0 atom stereocenters. The Balaban J connectivity index is 1.98. The highest BCUT2D eigenvalue weighted by Crippen LogP contribution is 2.15. The van der Waals surface area contributed by atoms with Crippen molar-refractivity contribution in [3.63, 3.8) is 0 Å². The van der Waals surface area contributed by atoms with E-state index in [2.05, 4.69) is 5.32 Å². The van der Waals surface area contributed by atoms with Crippen molar-refractivity contribution in [1.29, 1.82) is 5.26 Å². The lowest BCUT2D eigenvalue weighted by Crippen LogP contribution is -2.35. The number of para-hydroxylation sites is 1. The van der Waals surface area contributed by atoms with E-state index in [0.29, 0.717) is 11.4 Å². The molecule has 0 bridgehead atoms. The van der Waals surface area contributed by atoms with E-state index in [-0.39, 0.29) is 24.4 Å². The highest BCUT2D eigenvalue weighted by atomic mass is 16.5. The molecular formula is C20H19N3O4. The minimum Gasteiger partial charge on any atom is -0.452 e. The molecule has 138 valence electrons. The summed E-state index contributed by atoms with van der Waals surface area (Å²) in [5, 5.41) is 11.4. The molecule has 0 saturated heterocycles. The van der Waals surface area contributed by atoms with Crippen LogP contribution in [0.25, 0.3) is 0 Å². The zero-order chi connectivity index (χ0) is 19.6. The number of hydrogen-bond donors (Lipinski definition) is 1. The number of carbonyl (C=O) groups excluding carboxylic acids is 3. The lowest BCUT2D eigenvalue weighted by molar-refractivity contribution is -0.121. The lowest BCUT2D eigenvalue weighted by atomic mass is 10.2. The second-order valence-electron chi connectivity index (χ2n) is 5.62. The van der Waals surface area contributed by atoms with E-state index in [0.717, 1.165) is 0 Å². The third kappa shape index (κ3) is 5.97.